The number of hydrogen-bond acceptors (Lipinski definition) is 7. The van der Waals surface area contributed by atoms with Crippen molar-refractivity contribution < 1.29 is 17.6 Å². The molecule has 3 rings (SSSR count). The number of aromatic nitrogens is 1. The van der Waals surface area contributed by atoms with Crippen molar-refractivity contribution in [2.45, 2.75) is 17.7 Å². The Bertz CT molecular complexity index is 1050. The monoisotopic (exact) mass is 445 g/mol. The highest BCUT2D eigenvalue weighted by Gasteiger charge is 2.24. The summed E-state index contributed by atoms with van der Waals surface area (Å²) in [5.41, 5.74) is 0.746. The minimum Gasteiger partial charge on any atom is -0.458 e. The van der Waals surface area contributed by atoms with Gasteiger partial charge in [0.1, 0.15) is 15.7 Å². The Labute approximate surface area is 169 Å². The first kappa shape index (κ1) is 20.0. The number of aryl methyl sites for hydroxylation is 1. The van der Waals surface area contributed by atoms with Gasteiger partial charge >= 0.3 is 0 Å². The summed E-state index contributed by atoms with van der Waals surface area (Å²) in [6.07, 6.45) is 0. The second-order valence-electron chi connectivity index (χ2n) is 5.61. The summed E-state index contributed by atoms with van der Waals surface area (Å²) in [5, 5.41) is 5.48. The second kappa shape index (κ2) is 8.11. The minimum atomic E-state index is -3.75. The highest BCUT2D eigenvalue weighted by molar-refractivity contribution is 7.91. The summed E-state index contributed by atoms with van der Waals surface area (Å²) < 4.78 is 31.9. The summed E-state index contributed by atoms with van der Waals surface area (Å²) in [7, 11) is -2.40. The van der Waals surface area contributed by atoms with Crippen LogP contribution in [0.25, 0.3) is 11.5 Å². The number of rotatable bonds is 7. The maximum Gasteiger partial charge on any atom is 0.252 e. The molecule has 3 heterocycles. The molecule has 27 heavy (non-hydrogen) atoms. The van der Waals surface area contributed by atoms with Crippen LogP contribution in [-0.4, -0.2) is 37.2 Å². The molecular weight excluding hydrogens is 430 g/mol. The zero-order chi connectivity index (χ0) is 19.6. The minimum absolute atomic E-state index is 0.0945. The van der Waals surface area contributed by atoms with Crippen LogP contribution in [0.1, 0.15) is 10.8 Å². The number of amides is 1. The van der Waals surface area contributed by atoms with Crippen molar-refractivity contribution in [2.75, 3.05) is 13.6 Å². The van der Waals surface area contributed by atoms with Gasteiger partial charge in [-0.3, -0.25) is 4.79 Å². The van der Waals surface area contributed by atoms with E-state index in [1.807, 2.05) is 12.3 Å². The molecule has 0 saturated carbocycles. The van der Waals surface area contributed by atoms with Gasteiger partial charge in [-0.15, -0.1) is 22.7 Å². The Kier molecular flexibility index (Phi) is 6.02. The Hall–Kier alpha value is -1.72. The van der Waals surface area contributed by atoms with Crippen LogP contribution in [-0.2, 0) is 21.4 Å². The summed E-state index contributed by atoms with van der Waals surface area (Å²) >= 11 is 8.26. The van der Waals surface area contributed by atoms with Crippen LogP contribution in [0.5, 0.6) is 0 Å². The van der Waals surface area contributed by atoms with E-state index in [2.05, 4.69) is 10.3 Å². The number of thiazole rings is 1. The number of sulfonamides is 1. The highest BCUT2D eigenvalue weighted by Crippen LogP contribution is 2.27. The molecule has 0 atom stereocenters. The topological polar surface area (TPSA) is 92.5 Å². The molecule has 1 N–H and O–H groups in total. The average molecular weight is 446 g/mol. The van der Waals surface area contributed by atoms with Gasteiger partial charge in [0.15, 0.2) is 5.76 Å². The predicted molar refractivity (Wildman–Crippen MR) is 106 cm³/mol. The molecule has 0 radical (unpaired) electrons. The fourth-order valence-electron chi connectivity index (χ4n) is 2.21. The first-order valence-corrected chi connectivity index (χ1v) is 11.3. The van der Waals surface area contributed by atoms with Crippen molar-refractivity contribution in [3.05, 3.63) is 44.7 Å². The molecule has 7 nitrogen and oxygen atoms in total. The maximum atomic E-state index is 12.4. The third-order valence-corrected chi connectivity index (χ3v) is 7.85. The summed E-state index contributed by atoms with van der Waals surface area (Å²) in [6, 6.07) is 6.46. The number of carbonyl (C=O) groups is 1. The van der Waals surface area contributed by atoms with Crippen molar-refractivity contribution >= 4 is 50.2 Å². The quantitative estimate of drug-likeness (QED) is 0.601. The van der Waals surface area contributed by atoms with Gasteiger partial charge in [0.25, 0.3) is 10.0 Å². The smallest absolute Gasteiger partial charge is 0.252 e. The highest BCUT2D eigenvalue weighted by atomic mass is 35.5. The van der Waals surface area contributed by atoms with Gasteiger partial charge in [0.05, 0.1) is 22.4 Å². The normalized spacial score (nSPS) is 11.9. The van der Waals surface area contributed by atoms with E-state index in [-0.39, 0.29) is 17.3 Å². The van der Waals surface area contributed by atoms with E-state index >= 15 is 0 Å². The van der Waals surface area contributed by atoms with Crippen molar-refractivity contribution in [2.24, 2.45) is 0 Å². The van der Waals surface area contributed by atoms with Crippen molar-refractivity contribution in [3.63, 3.8) is 0 Å². The number of nitrogens with one attached hydrogen (secondary N) is 1. The van der Waals surface area contributed by atoms with E-state index in [0.717, 1.165) is 26.3 Å². The van der Waals surface area contributed by atoms with E-state index < -0.39 is 15.9 Å². The number of nitrogens with zero attached hydrogens (tertiary/aromatic N) is 2. The molecule has 0 aliphatic rings. The number of likely N-dealkylation sites (N-methyl/N-ethyl adjacent to an activating group) is 1. The van der Waals surface area contributed by atoms with Gasteiger partial charge in [0, 0.05) is 12.4 Å². The van der Waals surface area contributed by atoms with E-state index in [9.17, 15) is 13.2 Å². The number of thiophene rings is 1. The molecule has 0 fully saturated rings. The molecule has 0 unspecified atom stereocenters. The predicted octanol–water partition coefficient (Wildman–Crippen LogP) is 3.36. The van der Waals surface area contributed by atoms with Crippen LogP contribution in [0, 0.1) is 6.92 Å². The van der Waals surface area contributed by atoms with Crippen LogP contribution >= 0.6 is 34.3 Å². The van der Waals surface area contributed by atoms with Crippen LogP contribution in [0.15, 0.2) is 38.3 Å². The van der Waals surface area contributed by atoms with Gasteiger partial charge in [-0.25, -0.2) is 13.4 Å². The Balaban J connectivity index is 1.56. The molecule has 0 bridgehead atoms. The van der Waals surface area contributed by atoms with Crippen LogP contribution in [0.3, 0.4) is 0 Å². The molecule has 0 aliphatic heterocycles. The SMILES string of the molecule is Cc1nc(-c2ccc(CNC(=O)CN(C)S(=O)(=O)c3ccc(Cl)s3)o2)cs1. The lowest BCUT2D eigenvalue weighted by Gasteiger charge is -2.15. The molecule has 11 heteroatoms. The molecule has 3 aromatic heterocycles. The first-order chi connectivity index (χ1) is 12.8. The summed E-state index contributed by atoms with van der Waals surface area (Å²) in [4.78, 5) is 16.4. The van der Waals surface area contributed by atoms with Crippen molar-refractivity contribution in [1.82, 2.24) is 14.6 Å². The Morgan fingerprint density at radius 2 is 2.11 bits per heavy atom. The van der Waals surface area contributed by atoms with Crippen LogP contribution in [0.4, 0.5) is 0 Å². The zero-order valence-electron chi connectivity index (χ0n) is 14.4. The van der Waals surface area contributed by atoms with E-state index in [1.165, 1.54) is 30.5 Å². The average Bonchev–Trinajstić information content (AvgIpc) is 3.33. The molecular formula is C16H16ClN3O4S3. The standard InChI is InChI=1S/C16H16ClN3O4S3/c1-10-19-12(9-25-10)13-4-3-11(24-13)7-18-15(21)8-20(2)27(22,23)16-6-5-14(17)26-16/h3-6,9H,7-8H2,1-2H3,(H,18,21). The number of halogens is 1. The molecule has 0 aliphatic carbocycles. The van der Waals surface area contributed by atoms with Crippen LogP contribution in [0.2, 0.25) is 4.34 Å². The number of carbonyl (C=O) groups excluding carboxylic acids is 1. The van der Waals surface area contributed by atoms with Gasteiger partial charge in [-0.2, -0.15) is 4.31 Å². The Morgan fingerprint density at radius 3 is 2.74 bits per heavy atom. The molecule has 144 valence electrons. The first-order valence-electron chi connectivity index (χ1n) is 7.75. The van der Waals surface area contributed by atoms with E-state index in [0.29, 0.717) is 15.9 Å². The largest absolute Gasteiger partial charge is 0.458 e. The number of hydrogen-bond donors (Lipinski definition) is 1. The number of furan rings is 1. The van der Waals surface area contributed by atoms with Gasteiger partial charge in [-0.1, -0.05) is 11.6 Å². The van der Waals surface area contributed by atoms with Gasteiger partial charge in [0.2, 0.25) is 5.91 Å². The molecule has 3 aromatic rings. The van der Waals surface area contributed by atoms with E-state index in [4.69, 9.17) is 16.0 Å². The zero-order valence-corrected chi connectivity index (χ0v) is 17.6. The fourth-order valence-corrected chi connectivity index (χ4v) is 5.63. The third kappa shape index (κ3) is 4.77. The lowest BCUT2D eigenvalue weighted by atomic mass is 10.3. The fraction of sp³-hybridized carbons (Fsp3) is 0.250. The Morgan fingerprint density at radius 1 is 1.33 bits per heavy atom. The molecule has 0 aromatic carbocycles. The van der Waals surface area contributed by atoms with Crippen LogP contribution < -0.4 is 5.32 Å². The lowest BCUT2D eigenvalue weighted by molar-refractivity contribution is -0.121. The van der Waals surface area contributed by atoms with Gasteiger partial charge < -0.3 is 9.73 Å². The second-order valence-corrected chi connectivity index (χ2v) is 10.7. The summed E-state index contributed by atoms with van der Waals surface area (Å²) in [5.74, 6) is 0.739. The third-order valence-electron chi connectivity index (χ3n) is 3.57. The van der Waals surface area contributed by atoms with Gasteiger partial charge in [-0.05, 0) is 31.2 Å². The van der Waals surface area contributed by atoms with Crippen molar-refractivity contribution in [1.29, 1.82) is 0 Å². The van der Waals surface area contributed by atoms with Crippen molar-refractivity contribution in [3.8, 4) is 11.5 Å². The molecule has 0 saturated heterocycles. The van der Waals surface area contributed by atoms with E-state index in [1.54, 1.807) is 12.1 Å². The summed E-state index contributed by atoms with van der Waals surface area (Å²) in [6.45, 7) is 1.75. The molecule has 0 spiro atoms. The maximum absolute atomic E-state index is 12.4. The molecule has 1 amide bonds. The lowest BCUT2D eigenvalue weighted by Crippen LogP contribution is -2.37.